The van der Waals surface area contributed by atoms with Crippen LogP contribution < -0.4 is 5.32 Å². The zero-order valence-electron chi connectivity index (χ0n) is 10.8. The highest BCUT2D eigenvalue weighted by molar-refractivity contribution is 5.97. The average molecular weight is 264 g/mol. The Morgan fingerprint density at radius 2 is 1.95 bits per heavy atom. The third kappa shape index (κ3) is 5.31. The van der Waals surface area contributed by atoms with Gasteiger partial charge >= 0.3 is 5.97 Å². The SMILES string of the molecule is CC(=O)c1cccc(NC(=O)CN(C)CC(=O)O)c1. The molecule has 6 nitrogen and oxygen atoms in total. The van der Waals surface area contributed by atoms with Gasteiger partial charge in [0.1, 0.15) is 0 Å². The van der Waals surface area contributed by atoms with Crippen molar-refractivity contribution in [2.45, 2.75) is 6.92 Å². The minimum atomic E-state index is -0.992. The van der Waals surface area contributed by atoms with Crippen LogP contribution in [0.3, 0.4) is 0 Å². The fourth-order valence-electron chi connectivity index (χ4n) is 1.55. The second kappa shape index (κ2) is 6.65. The van der Waals surface area contributed by atoms with E-state index in [1.54, 1.807) is 31.3 Å². The molecule has 0 aliphatic carbocycles. The molecule has 6 heteroatoms. The summed E-state index contributed by atoms with van der Waals surface area (Å²) in [5, 5.41) is 11.2. The molecule has 0 atom stereocenters. The van der Waals surface area contributed by atoms with E-state index in [0.29, 0.717) is 11.3 Å². The molecular weight excluding hydrogens is 248 g/mol. The number of hydrogen-bond donors (Lipinski definition) is 2. The van der Waals surface area contributed by atoms with Crippen molar-refractivity contribution in [3.05, 3.63) is 29.8 Å². The molecule has 19 heavy (non-hydrogen) atoms. The van der Waals surface area contributed by atoms with Gasteiger partial charge in [-0.1, -0.05) is 12.1 Å². The van der Waals surface area contributed by atoms with Crippen LogP contribution in [0.1, 0.15) is 17.3 Å². The molecular formula is C13H16N2O4. The second-order valence-corrected chi connectivity index (χ2v) is 4.25. The zero-order valence-corrected chi connectivity index (χ0v) is 10.8. The molecule has 1 aromatic rings. The molecule has 0 bridgehead atoms. The van der Waals surface area contributed by atoms with Crippen LogP contribution in [0.15, 0.2) is 24.3 Å². The minimum absolute atomic E-state index is 0.0312. The molecule has 0 unspecified atom stereocenters. The number of benzene rings is 1. The Kier molecular flexibility index (Phi) is 5.20. The Morgan fingerprint density at radius 3 is 2.53 bits per heavy atom. The number of amides is 1. The van der Waals surface area contributed by atoms with Crippen LogP contribution in [0, 0.1) is 0 Å². The first-order chi connectivity index (χ1) is 8.88. The number of nitrogens with zero attached hydrogens (tertiary/aromatic N) is 1. The highest BCUT2D eigenvalue weighted by atomic mass is 16.4. The number of likely N-dealkylation sites (N-methyl/N-ethyl adjacent to an activating group) is 1. The van der Waals surface area contributed by atoms with Crippen LogP contribution in [0.5, 0.6) is 0 Å². The van der Waals surface area contributed by atoms with Crippen LogP contribution in [-0.4, -0.2) is 47.8 Å². The zero-order chi connectivity index (χ0) is 14.4. The van der Waals surface area contributed by atoms with Crippen molar-refractivity contribution in [3.63, 3.8) is 0 Å². The summed E-state index contributed by atoms with van der Waals surface area (Å²) < 4.78 is 0. The number of anilines is 1. The van der Waals surface area contributed by atoms with Gasteiger partial charge in [-0.2, -0.15) is 0 Å². The van der Waals surface area contributed by atoms with E-state index in [1.807, 2.05) is 0 Å². The summed E-state index contributed by atoms with van der Waals surface area (Å²) in [4.78, 5) is 34.7. The van der Waals surface area contributed by atoms with Gasteiger partial charge in [-0.05, 0) is 26.1 Å². The number of nitrogens with one attached hydrogen (secondary N) is 1. The number of hydrogen-bond acceptors (Lipinski definition) is 4. The lowest BCUT2D eigenvalue weighted by atomic mass is 10.1. The van der Waals surface area contributed by atoms with E-state index in [9.17, 15) is 14.4 Å². The summed E-state index contributed by atoms with van der Waals surface area (Å²) in [5.41, 5.74) is 1.03. The van der Waals surface area contributed by atoms with Gasteiger partial charge in [-0.15, -0.1) is 0 Å². The first-order valence-electron chi connectivity index (χ1n) is 5.69. The van der Waals surface area contributed by atoms with Gasteiger partial charge in [-0.3, -0.25) is 19.3 Å². The Morgan fingerprint density at radius 1 is 1.26 bits per heavy atom. The summed E-state index contributed by atoms with van der Waals surface area (Å²) in [7, 11) is 1.54. The van der Waals surface area contributed by atoms with E-state index in [4.69, 9.17) is 5.11 Å². The number of aliphatic carboxylic acids is 1. The smallest absolute Gasteiger partial charge is 0.317 e. The molecule has 0 radical (unpaired) electrons. The van der Waals surface area contributed by atoms with Gasteiger partial charge in [0.05, 0.1) is 13.1 Å². The predicted octanol–water partition coefficient (Wildman–Crippen LogP) is 0.844. The number of carbonyl (C=O) groups excluding carboxylic acids is 2. The van der Waals surface area contributed by atoms with Crippen LogP contribution in [0.25, 0.3) is 0 Å². The van der Waals surface area contributed by atoms with Crippen LogP contribution in [-0.2, 0) is 9.59 Å². The Bertz CT molecular complexity index is 499. The highest BCUT2D eigenvalue weighted by Gasteiger charge is 2.10. The molecule has 0 aliphatic rings. The fraction of sp³-hybridized carbons (Fsp3) is 0.308. The molecule has 0 saturated carbocycles. The molecule has 1 amide bonds. The Hall–Kier alpha value is -2.21. The monoisotopic (exact) mass is 264 g/mol. The van der Waals surface area contributed by atoms with Crippen molar-refractivity contribution in [2.24, 2.45) is 0 Å². The molecule has 1 rings (SSSR count). The maximum absolute atomic E-state index is 11.7. The van der Waals surface area contributed by atoms with E-state index >= 15 is 0 Å². The van der Waals surface area contributed by atoms with Gasteiger partial charge in [0, 0.05) is 11.3 Å². The largest absolute Gasteiger partial charge is 0.480 e. The highest BCUT2D eigenvalue weighted by Crippen LogP contribution is 2.11. The van der Waals surface area contributed by atoms with Crippen molar-refractivity contribution in [1.29, 1.82) is 0 Å². The van der Waals surface area contributed by atoms with Crippen molar-refractivity contribution in [2.75, 3.05) is 25.5 Å². The number of ketones is 1. The van der Waals surface area contributed by atoms with Crippen LogP contribution in [0.2, 0.25) is 0 Å². The van der Waals surface area contributed by atoms with E-state index < -0.39 is 5.97 Å². The van der Waals surface area contributed by atoms with Crippen molar-refractivity contribution >= 4 is 23.3 Å². The van der Waals surface area contributed by atoms with E-state index in [2.05, 4.69) is 5.32 Å². The molecule has 0 aliphatic heterocycles. The number of carboxylic acids is 1. The second-order valence-electron chi connectivity index (χ2n) is 4.25. The lowest BCUT2D eigenvalue weighted by molar-refractivity contribution is -0.138. The normalized spacial score (nSPS) is 10.3. The molecule has 1 aromatic carbocycles. The summed E-state index contributed by atoms with van der Waals surface area (Å²) in [5.74, 6) is -1.41. The molecule has 0 aromatic heterocycles. The summed E-state index contributed by atoms with van der Waals surface area (Å²) in [6, 6.07) is 6.58. The van der Waals surface area contributed by atoms with Crippen molar-refractivity contribution in [3.8, 4) is 0 Å². The van der Waals surface area contributed by atoms with Gasteiger partial charge in [0.25, 0.3) is 0 Å². The average Bonchev–Trinajstić information content (AvgIpc) is 2.27. The van der Waals surface area contributed by atoms with Crippen molar-refractivity contribution < 1.29 is 19.5 Å². The quantitative estimate of drug-likeness (QED) is 0.744. The molecule has 0 fully saturated rings. The topological polar surface area (TPSA) is 86.7 Å². The number of Topliss-reactive ketones (excluding diaryl/α,β-unsaturated/α-hetero) is 1. The lowest BCUT2D eigenvalue weighted by Gasteiger charge is -2.13. The third-order valence-corrected chi connectivity index (χ3v) is 2.37. The lowest BCUT2D eigenvalue weighted by Crippen LogP contribution is -2.33. The van der Waals surface area contributed by atoms with Gasteiger partial charge in [-0.25, -0.2) is 0 Å². The fourth-order valence-corrected chi connectivity index (χ4v) is 1.55. The summed E-state index contributed by atoms with van der Waals surface area (Å²) in [6.45, 7) is 1.21. The number of carboxylic acid groups (broad SMARTS) is 1. The standard InChI is InChI=1S/C13H16N2O4/c1-9(16)10-4-3-5-11(6-10)14-12(17)7-15(2)8-13(18)19/h3-6H,7-8H2,1-2H3,(H,14,17)(H,18,19). The van der Waals surface area contributed by atoms with E-state index in [0.717, 1.165) is 0 Å². The predicted molar refractivity (Wildman–Crippen MR) is 70.2 cm³/mol. The molecule has 2 N–H and O–H groups in total. The maximum atomic E-state index is 11.7. The first kappa shape index (κ1) is 14.8. The van der Waals surface area contributed by atoms with Crippen molar-refractivity contribution in [1.82, 2.24) is 4.90 Å². The van der Waals surface area contributed by atoms with Gasteiger partial charge < -0.3 is 10.4 Å². The van der Waals surface area contributed by atoms with E-state index in [1.165, 1.54) is 11.8 Å². The first-order valence-corrected chi connectivity index (χ1v) is 5.69. The third-order valence-electron chi connectivity index (χ3n) is 2.37. The van der Waals surface area contributed by atoms with E-state index in [-0.39, 0.29) is 24.8 Å². The van der Waals surface area contributed by atoms with Crippen LogP contribution >= 0.6 is 0 Å². The maximum Gasteiger partial charge on any atom is 0.317 e. The summed E-state index contributed by atoms with van der Waals surface area (Å²) in [6.07, 6.45) is 0. The molecule has 0 spiro atoms. The molecule has 0 heterocycles. The number of rotatable bonds is 6. The summed E-state index contributed by atoms with van der Waals surface area (Å²) >= 11 is 0. The minimum Gasteiger partial charge on any atom is -0.480 e. The van der Waals surface area contributed by atoms with Crippen LogP contribution in [0.4, 0.5) is 5.69 Å². The molecule has 102 valence electrons. The molecule has 0 saturated heterocycles. The Balaban J connectivity index is 2.59. The van der Waals surface area contributed by atoms with Gasteiger partial charge in [0.15, 0.2) is 5.78 Å². The number of carbonyl (C=O) groups is 3. The van der Waals surface area contributed by atoms with Gasteiger partial charge in [0.2, 0.25) is 5.91 Å². The Labute approximate surface area is 111 Å².